The molecule has 16 heavy (non-hydrogen) atoms. The molecule has 0 aromatic rings. The summed E-state index contributed by atoms with van der Waals surface area (Å²) >= 11 is 0. The first-order chi connectivity index (χ1) is 7.42. The lowest BCUT2D eigenvalue weighted by atomic mass is 9.95. The maximum Gasteiger partial charge on any atom is 0.234 e. The van der Waals surface area contributed by atoms with Gasteiger partial charge in [0.05, 0.1) is 6.04 Å². The van der Waals surface area contributed by atoms with Crippen LogP contribution in [0.4, 0.5) is 0 Å². The van der Waals surface area contributed by atoms with Crippen LogP contribution >= 0.6 is 0 Å². The summed E-state index contributed by atoms with van der Waals surface area (Å²) in [5, 5.41) is 3.39. The molecule has 3 nitrogen and oxygen atoms in total. The topological polar surface area (TPSA) is 55.1 Å². The molecule has 0 aliphatic heterocycles. The Hall–Kier alpha value is -0.570. The molecule has 0 heterocycles. The Labute approximate surface area is 100 Å². The van der Waals surface area contributed by atoms with Crippen molar-refractivity contribution in [2.45, 2.75) is 66.0 Å². The lowest BCUT2D eigenvalue weighted by Crippen LogP contribution is -2.49. The normalized spacial score (nSPS) is 17.1. The molecule has 3 N–H and O–H groups in total. The molecular formula is C13H28N2O. The van der Waals surface area contributed by atoms with E-state index in [1.165, 1.54) is 6.42 Å². The lowest BCUT2D eigenvalue weighted by molar-refractivity contribution is -0.121. The highest BCUT2D eigenvalue weighted by molar-refractivity contribution is 5.80. The molecule has 0 fully saturated rings. The van der Waals surface area contributed by atoms with Crippen molar-refractivity contribution in [2.75, 3.05) is 0 Å². The van der Waals surface area contributed by atoms with Crippen molar-refractivity contribution >= 4 is 5.91 Å². The van der Waals surface area contributed by atoms with E-state index in [1.807, 2.05) is 13.8 Å². The molecular weight excluding hydrogens is 200 g/mol. The third-order valence-corrected chi connectivity index (χ3v) is 3.27. The summed E-state index contributed by atoms with van der Waals surface area (Å²) in [6.07, 6.45) is 3.34. The lowest BCUT2D eigenvalue weighted by Gasteiger charge is -2.27. The number of hydrogen-bond donors (Lipinski definition) is 2. The molecule has 3 unspecified atom stereocenters. The second-order valence-corrected chi connectivity index (χ2v) is 5.15. The van der Waals surface area contributed by atoms with Crippen molar-refractivity contribution in [3.63, 3.8) is 0 Å². The first-order valence-electron chi connectivity index (χ1n) is 6.47. The Morgan fingerprint density at radius 3 is 2.06 bits per heavy atom. The van der Waals surface area contributed by atoms with Gasteiger partial charge in [-0.2, -0.15) is 0 Å². The highest BCUT2D eigenvalue weighted by Crippen LogP contribution is 2.14. The quantitative estimate of drug-likeness (QED) is 0.670. The summed E-state index contributed by atoms with van der Waals surface area (Å²) in [6.45, 7) is 10.7. The van der Waals surface area contributed by atoms with E-state index in [-0.39, 0.29) is 17.9 Å². The van der Waals surface area contributed by atoms with Crippen LogP contribution in [0.15, 0.2) is 0 Å². The van der Waals surface area contributed by atoms with Gasteiger partial charge >= 0.3 is 0 Å². The van der Waals surface area contributed by atoms with Gasteiger partial charge in [-0.3, -0.25) is 4.79 Å². The Balaban J connectivity index is 4.32. The van der Waals surface area contributed by atoms with Gasteiger partial charge in [-0.05, 0) is 24.7 Å². The van der Waals surface area contributed by atoms with Crippen LogP contribution in [0.25, 0.3) is 0 Å². The van der Waals surface area contributed by atoms with Crippen LogP contribution in [-0.4, -0.2) is 18.0 Å². The number of nitrogens with one attached hydrogen (secondary N) is 1. The van der Waals surface area contributed by atoms with Crippen molar-refractivity contribution < 1.29 is 4.79 Å². The first kappa shape index (κ1) is 15.4. The standard InChI is InChI=1S/C13H28N2O/c1-6-10(5)8-11(7-2)15-12(9(3)4)13(14)16/h9-12,15H,6-8H2,1-5H3,(H2,14,16). The molecule has 0 bridgehead atoms. The van der Waals surface area contributed by atoms with Crippen molar-refractivity contribution in [3.8, 4) is 0 Å². The summed E-state index contributed by atoms with van der Waals surface area (Å²) in [6, 6.07) is 0.198. The fraction of sp³-hybridized carbons (Fsp3) is 0.923. The van der Waals surface area contributed by atoms with E-state index in [0.717, 1.165) is 12.8 Å². The Morgan fingerprint density at radius 1 is 1.19 bits per heavy atom. The van der Waals surface area contributed by atoms with Gasteiger partial charge in [0.1, 0.15) is 0 Å². The van der Waals surface area contributed by atoms with Crippen LogP contribution in [0, 0.1) is 11.8 Å². The molecule has 0 aromatic carbocycles. The molecule has 0 aromatic heterocycles. The van der Waals surface area contributed by atoms with Gasteiger partial charge in [0.15, 0.2) is 0 Å². The number of hydrogen-bond acceptors (Lipinski definition) is 2. The number of carbonyl (C=O) groups excluding carboxylic acids is 1. The number of primary amides is 1. The van der Waals surface area contributed by atoms with Gasteiger partial charge in [0, 0.05) is 6.04 Å². The van der Waals surface area contributed by atoms with Gasteiger partial charge in [0.2, 0.25) is 5.91 Å². The fourth-order valence-electron chi connectivity index (χ4n) is 1.86. The van der Waals surface area contributed by atoms with Crippen molar-refractivity contribution in [1.82, 2.24) is 5.32 Å². The van der Waals surface area contributed by atoms with Gasteiger partial charge in [-0.15, -0.1) is 0 Å². The summed E-state index contributed by atoms with van der Waals surface area (Å²) in [4.78, 5) is 11.3. The summed E-state index contributed by atoms with van der Waals surface area (Å²) in [5.41, 5.74) is 5.40. The largest absolute Gasteiger partial charge is 0.368 e. The molecule has 0 aliphatic carbocycles. The van der Waals surface area contributed by atoms with E-state index >= 15 is 0 Å². The molecule has 1 amide bonds. The molecule has 3 heteroatoms. The van der Waals surface area contributed by atoms with E-state index in [1.54, 1.807) is 0 Å². The van der Waals surface area contributed by atoms with Crippen LogP contribution in [0.1, 0.15) is 53.9 Å². The molecule has 0 saturated carbocycles. The third-order valence-electron chi connectivity index (χ3n) is 3.27. The Morgan fingerprint density at radius 2 is 1.75 bits per heavy atom. The maximum absolute atomic E-state index is 11.3. The highest BCUT2D eigenvalue weighted by atomic mass is 16.1. The first-order valence-corrected chi connectivity index (χ1v) is 6.47. The zero-order valence-electron chi connectivity index (χ0n) is 11.4. The minimum absolute atomic E-state index is 0.200. The minimum Gasteiger partial charge on any atom is -0.368 e. The predicted octanol–water partition coefficient (Wildman–Crippen LogP) is 2.30. The monoisotopic (exact) mass is 228 g/mol. The van der Waals surface area contributed by atoms with E-state index in [4.69, 9.17) is 5.73 Å². The van der Waals surface area contributed by atoms with Crippen molar-refractivity contribution in [1.29, 1.82) is 0 Å². The molecule has 0 saturated heterocycles. The summed E-state index contributed by atoms with van der Waals surface area (Å²) < 4.78 is 0. The second kappa shape index (κ2) is 7.66. The van der Waals surface area contributed by atoms with E-state index in [9.17, 15) is 4.79 Å². The van der Waals surface area contributed by atoms with Gasteiger partial charge < -0.3 is 11.1 Å². The van der Waals surface area contributed by atoms with E-state index in [2.05, 4.69) is 26.1 Å². The average molecular weight is 228 g/mol. The number of nitrogens with two attached hydrogens (primary N) is 1. The maximum atomic E-state index is 11.3. The number of rotatable bonds is 8. The van der Waals surface area contributed by atoms with E-state index in [0.29, 0.717) is 12.0 Å². The highest BCUT2D eigenvalue weighted by Gasteiger charge is 2.22. The molecule has 3 atom stereocenters. The van der Waals surface area contributed by atoms with Crippen LogP contribution in [0.2, 0.25) is 0 Å². The van der Waals surface area contributed by atoms with Crippen LogP contribution < -0.4 is 11.1 Å². The van der Waals surface area contributed by atoms with Gasteiger partial charge in [0.25, 0.3) is 0 Å². The number of carbonyl (C=O) groups is 1. The average Bonchev–Trinajstić information content (AvgIpc) is 2.22. The van der Waals surface area contributed by atoms with Crippen molar-refractivity contribution in [2.24, 2.45) is 17.6 Å². The SMILES string of the molecule is CCC(C)CC(CC)NC(C(N)=O)C(C)C. The zero-order valence-corrected chi connectivity index (χ0v) is 11.4. The summed E-state index contributed by atoms with van der Waals surface area (Å²) in [5.74, 6) is 0.708. The van der Waals surface area contributed by atoms with Gasteiger partial charge in [-0.25, -0.2) is 0 Å². The molecule has 0 aliphatic rings. The second-order valence-electron chi connectivity index (χ2n) is 5.15. The van der Waals surface area contributed by atoms with Crippen LogP contribution in [-0.2, 0) is 4.79 Å². The van der Waals surface area contributed by atoms with Crippen LogP contribution in [0.3, 0.4) is 0 Å². The van der Waals surface area contributed by atoms with E-state index < -0.39 is 0 Å². The van der Waals surface area contributed by atoms with Crippen LogP contribution in [0.5, 0.6) is 0 Å². The molecule has 96 valence electrons. The van der Waals surface area contributed by atoms with Gasteiger partial charge in [-0.1, -0.05) is 41.0 Å². The Bertz CT molecular complexity index is 204. The predicted molar refractivity (Wildman–Crippen MR) is 69.1 cm³/mol. The Kier molecular flexibility index (Phi) is 7.39. The third kappa shape index (κ3) is 5.50. The smallest absolute Gasteiger partial charge is 0.234 e. The molecule has 0 rings (SSSR count). The minimum atomic E-state index is -0.238. The molecule has 0 radical (unpaired) electrons. The van der Waals surface area contributed by atoms with Crippen molar-refractivity contribution in [3.05, 3.63) is 0 Å². The fourth-order valence-corrected chi connectivity index (χ4v) is 1.86. The number of amides is 1. The summed E-state index contributed by atoms with van der Waals surface area (Å²) in [7, 11) is 0. The molecule has 0 spiro atoms. The zero-order chi connectivity index (χ0) is 12.7.